The maximum Gasteiger partial charge on any atom is 0.320 e. The molecule has 6 heteroatoms. The lowest BCUT2D eigenvalue weighted by atomic mass is 9.78. The van der Waals surface area contributed by atoms with Crippen LogP contribution in [0.25, 0.3) is 0 Å². The number of rotatable bonds is 6. The molecule has 100 valence electrons. The van der Waals surface area contributed by atoms with E-state index in [1.165, 1.54) is 28.4 Å². The number of esters is 2. The van der Waals surface area contributed by atoms with Crippen LogP contribution in [0.4, 0.5) is 0 Å². The Labute approximate surface area is 101 Å². The topological polar surface area (TPSA) is 71.1 Å². The molecule has 0 radical (unpaired) electrons. The fourth-order valence-electron chi connectivity index (χ4n) is 1.78. The molecule has 0 rings (SSSR count). The van der Waals surface area contributed by atoms with E-state index in [0.29, 0.717) is 0 Å². The van der Waals surface area contributed by atoms with Crippen LogP contribution in [0.2, 0.25) is 0 Å². The monoisotopic (exact) mass is 248 g/mol. The molecule has 0 aliphatic heterocycles. The first-order valence-electron chi connectivity index (χ1n) is 5.08. The molecule has 0 heterocycles. The first-order chi connectivity index (χ1) is 7.86. The van der Waals surface area contributed by atoms with Crippen molar-refractivity contribution in [2.75, 3.05) is 28.4 Å². The standard InChI is InChI=1S/C11H20O6/c1-11(2,10(16-5)17-6)7(8(12)14-3)9(13)15-4/h7,10H,1-6H3. The van der Waals surface area contributed by atoms with E-state index in [2.05, 4.69) is 9.47 Å². The molecule has 0 aromatic rings. The Kier molecular flexibility index (Phi) is 6.12. The predicted octanol–water partition coefficient (Wildman–Crippen LogP) is 0.594. The minimum atomic E-state index is -1.11. The van der Waals surface area contributed by atoms with E-state index in [9.17, 15) is 9.59 Å². The molecule has 0 spiro atoms. The molecule has 0 atom stereocenters. The van der Waals surface area contributed by atoms with Crippen molar-refractivity contribution >= 4 is 11.9 Å². The Balaban J connectivity index is 5.27. The zero-order chi connectivity index (χ0) is 13.6. The second kappa shape index (κ2) is 6.56. The molecule has 0 saturated heterocycles. The van der Waals surface area contributed by atoms with Crippen LogP contribution < -0.4 is 0 Å². The van der Waals surface area contributed by atoms with Gasteiger partial charge in [0.25, 0.3) is 0 Å². The first-order valence-corrected chi connectivity index (χ1v) is 5.08. The zero-order valence-electron chi connectivity index (χ0n) is 11.1. The highest BCUT2D eigenvalue weighted by molar-refractivity contribution is 5.95. The van der Waals surface area contributed by atoms with Gasteiger partial charge >= 0.3 is 11.9 Å². The SMILES string of the molecule is COC(=O)C(C(=O)OC)C(C)(C)C(OC)OC. The van der Waals surface area contributed by atoms with Gasteiger partial charge in [0, 0.05) is 19.6 Å². The smallest absolute Gasteiger partial charge is 0.320 e. The minimum Gasteiger partial charge on any atom is -0.468 e. The third kappa shape index (κ3) is 3.41. The maximum absolute atomic E-state index is 11.7. The average molecular weight is 248 g/mol. The van der Waals surface area contributed by atoms with E-state index in [-0.39, 0.29) is 0 Å². The Morgan fingerprint density at radius 1 is 0.882 bits per heavy atom. The van der Waals surface area contributed by atoms with Crippen LogP contribution in [0.15, 0.2) is 0 Å². The summed E-state index contributed by atoms with van der Waals surface area (Å²) in [5, 5.41) is 0. The van der Waals surface area contributed by atoms with Crippen LogP contribution in [-0.2, 0) is 28.5 Å². The maximum atomic E-state index is 11.7. The van der Waals surface area contributed by atoms with Crippen molar-refractivity contribution in [3.05, 3.63) is 0 Å². The van der Waals surface area contributed by atoms with Gasteiger partial charge in [-0.2, -0.15) is 0 Å². The van der Waals surface area contributed by atoms with Crippen LogP contribution >= 0.6 is 0 Å². The van der Waals surface area contributed by atoms with Gasteiger partial charge < -0.3 is 18.9 Å². The van der Waals surface area contributed by atoms with Gasteiger partial charge in [-0.3, -0.25) is 9.59 Å². The Morgan fingerprint density at radius 3 is 1.47 bits per heavy atom. The normalized spacial score (nSPS) is 11.8. The summed E-state index contributed by atoms with van der Waals surface area (Å²) in [4.78, 5) is 23.3. The molecule has 17 heavy (non-hydrogen) atoms. The summed E-state index contributed by atoms with van der Waals surface area (Å²) in [6, 6.07) is 0. The quantitative estimate of drug-likeness (QED) is 0.389. The lowest BCUT2D eigenvalue weighted by Crippen LogP contribution is -2.47. The molecule has 0 saturated carbocycles. The van der Waals surface area contributed by atoms with Gasteiger partial charge in [-0.05, 0) is 0 Å². The number of hydrogen-bond acceptors (Lipinski definition) is 6. The van der Waals surface area contributed by atoms with Crippen molar-refractivity contribution < 1.29 is 28.5 Å². The molecule has 0 aliphatic carbocycles. The zero-order valence-corrected chi connectivity index (χ0v) is 11.1. The fraction of sp³-hybridized carbons (Fsp3) is 0.818. The summed E-state index contributed by atoms with van der Waals surface area (Å²) in [5.41, 5.74) is -0.913. The van der Waals surface area contributed by atoms with Crippen LogP contribution in [0.5, 0.6) is 0 Å². The van der Waals surface area contributed by atoms with Gasteiger partial charge in [-0.25, -0.2) is 0 Å². The van der Waals surface area contributed by atoms with Gasteiger partial charge in [-0.1, -0.05) is 13.8 Å². The lowest BCUT2D eigenvalue weighted by molar-refractivity contribution is -0.202. The van der Waals surface area contributed by atoms with Gasteiger partial charge in [0.2, 0.25) is 0 Å². The number of carbonyl (C=O) groups excluding carboxylic acids is 2. The molecule has 0 unspecified atom stereocenters. The molecule has 0 fully saturated rings. The third-order valence-electron chi connectivity index (χ3n) is 2.65. The summed E-state index contributed by atoms with van der Waals surface area (Å²) >= 11 is 0. The largest absolute Gasteiger partial charge is 0.468 e. The van der Waals surface area contributed by atoms with Gasteiger partial charge in [-0.15, -0.1) is 0 Å². The van der Waals surface area contributed by atoms with E-state index in [1.807, 2.05) is 0 Å². The molecule has 0 amide bonds. The van der Waals surface area contributed by atoms with Crippen LogP contribution in [-0.4, -0.2) is 46.7 Å². The van der Waals surface area contributed by atoms with Crippen molar-refractivity contribution in [1.82, 2.24) is 0 Å². The Hall–Kier alpha value is -1.14. The molecule has 0 bridgehead atoms. The van der Waals surface area contributed by atoms with Crippen LogP contribution in [0.3, 0.4) is 0 Å². The van der Waals surface area contributed by atoms with Gasteiger partial charge in [0.05, 0.1) is 14.2 Å². The van der Waals surface area contributed by atoms with E-state index >= 15 is 0 Å². The van der Waals surface area contributed by atoms with E-state index in [1.54, 1.807) is 13.8 Å². The highest BCUT2D eigenvalue weighted by Crippen LogP contribution is 2.34. The average Bonchev–Trinajstić information content (AvgIpc) is 2.29. The highest BCUT2D eigenvalue weighted by atomic mass is 16.7. The van der Waals surface area contributed by atoms with E-state index in [0.717, 1.165) is 0 Å². The van der Waals surface area contributed by atoms with Crippen molar-refractivity contribution in [3.8, 4) is 0 Å². The number of methoxy groups -OCH3 is 4. The minimum absolute atomic E-state index is 0.680. The number of hydrogen-bond donors (Lipinski definition) is 0. The molecular weight excluding hydrogens is 228 g/mol. The first kappa shape index (κ1) is 15.9. The lowest BCUT2D eigenvalue weighted by Gasteiger charge is -2.35. The van der Waals surface area contributed by atoms with E-state index < -0.39 is 29.6 Å². The summed E-state index contributed by atoms with van der Waals surface area (Å²) < 4.78 is 19.4. The Bertz CT molecular complexity index is 253. The molecule has 0 aromatic heterocycles. The number of carbonyl (C=O) groups is 2. The van der Waals surface area contributed by atoms with Gasteiger partial charge in [0.15, 0.2) is 12.2 Å². The molecule has 0 aromatic carbocycles. The Morgan fingerprint density at radius 2 is 1.24 bits per heavy atom. The highest BCUT2D eigenvalue weighted by Gasteiger charge is 2.48. The van der Waals surface area contributed by atoms with E-state index in [4.69, 9.17) is 9.47 Å². The summed E-state index contributed by atoms with van der Waals surface area (Å²) in [6.45, 7) is 3.34. The van der Waals surface area contributed by atoms with Crippen molar-refractivity contribution in [2.24, 2.45) is 11.3 Å². The summed E-state index contributed by atoms with van der Waals surface area (Å²) in [6.07, 6.45) is -0.731. The van der Waals surface area contributed by atoms with Crippen molar-refractivity contribution in [2.45, 2.75) is 20.1 Å². The van der Waals surface area contributed by atoms with Gasteiger partial charge in [0.1, 0.15) is 0 Å². The van der Waals surface area contributed by atoms with Crippen molar-refractivity contribution in [3.63, 3.8) is 0 Å². The number of ether oxygens (including phenoxy) is 4. The summed E-state index contributed by atoms with van der Waals surface area (Å²) in [7, 11) is 5.29. The van der Waals surface area contributed by atoms with Crippen LogP contribution in [0, 0.1) is 11.3 Å². The molecule has 0 N–H and O–H groups in total. The van der Waals surface area contributed by atoms with Crippen molar-refractivity contribution in [1.29, 1.82) is 0 Å². The second-order valence-electron chi connectivity index (χ2n) is 4.10. The second-order valence-corrected chi connectivity index (χ2v) is 4.10. The molecule has 6 nitrogen and oxygen atoms in total. The molecular formula is C11H20O6. The fourth-order valence-corrected chi connectivity index (χ4v) is 1.78. The summed E-state index contributed by atoms with van der Waals surface area (Å²) in [5.74, 6) is -2.47. The third-order valence-corrected chi connectivity index (χ3v) is 2.65. The van der Waals surface area contributed by atoms with Crippen LogP contribution in [0.1, 0.15) is 13.8 Å². The molecule has 0 aliphatic rings. The predicted molar refractivity (Wildman–Crippen MR) is 59.1 cm³/mol.